The van der Waals surface area contributed by atoms with Crippen LogP contribution in [0.1, 0.15) is 30.2 Å². The summed E-state index contributed by atoms with van der Waals surface area (Å²) in [5.74, 6) is -0.564. The number of hydrogen-bond donors (Lipinski definition) is 0. The molecule has 0 aliphatic carbocycles. The van der Waals surface area contributed by atoms with Crippen LogP contribution >= 0.6 is 0 Å². The van der Waals surface area contributed by atoms with Crippen molar-refractivity contribution < 1.29 is 14.5 Å². The second-order valence-electron chi connectivity index (χ2n) is 5.97. The molecule has 130 valence electrons. The van der Waals surface area contributed by atoms with E-state index in [1.165, 1.54) is 6.07 Å². The molecule has 7 nitrogen and oxygen atoms in total. The molecule has 2 heterocycles. The number of nitro groups is 1. The van der Waals surface area contributed by atoms with E-state index in [0.717, 1.165) is 12.8 Å². The van der Waals surface area contributed by atoms with Crippen molar-refractivity contribution in [3.05, 3.63) is 63.8 Å². The van der Waals surface area contributed by atoms with E-state index in [2.05, 4.69) is 4.98 Å². The van der Waals surface area contributed by atoms with Crippen LogP contribution in [-0.2, 0) is 4.79 Å². The first-order valence-electron chi connectivity index (χ1n) is 8.18. The van der Waals surface area contributed by atoms with Crippen molar-refractivity contribution in [3.8, 4) is 5.75 Å². The maximum Gasteiger partial charge on any atom is 0.406 e. The fourth-order valence-corrected chi connectivity index (χ4v) is 2.87. The lowest BCUT2D eigenvalue weighted by atomic mass is 10.1. The van der Waals surface area contributed by atoms with Gasteiger partial charge in [0.2, 0.25) is 11.9 Å². The SMILES string of the molecule is Cc1ccc(O[C@@H](C(=O)N2CCCC2)c2ccccc2)c([N+](=O)[O-])n1. The van der Waals surface area contributed by atoms with Gasteiger partial charge in [0, 0.05) is 25.6 Å². The molecule has 3 rings (SSSR count). The van der Waals surface area contributed by atoms with Crippen LogP contribution in [-0.4, -0.2) is 33.8 Å². The first-order valence-corrected chi connectivity index (χ1v) is 8.18. The summed E-state index contributed by atoms with van der Waals surface area (Å²) in [6.45, 7) is 3.03. The lowest BCUT2D eigenvalue weighted by Crippen LogP contribution is -2.35. The number of carbonyl (C=O) groups is 1. The number of nitrogens with zero attached hydrogens (tertiary/aromatic N) is 3. The summed E-state index contributed by atoms with van der Waals surface area (Å²) < 4.78 is 5.83. The molecule has 0 unspecified atom stereocenters. The van der Waals surface area contributed by atoms with E-state index in [1.807, 2.05) is 18.2 Å². The minimum Gasteiger partial charge on any atom is -0.467 e. The maximum absolute atomic E-state index is 12.9. The van der Waals surface area contributed by atoms with E-state index >= 15 is 0 Å². The Hall–Kier alpha value is -2.96. The first-order chi connectivity index (χ1) is 12.1. The molecule has 0 bridgehead atoms. The van der Waals surface area contributed by atoms with Gasteiger partial charge in [-0.25, -0.2) is 0 Å². The van der Waals surface area contributed by atoms with Gasteiger partial charge in [-0.3, -0.25) is 4.79 Å². The van der Waals surface area contributed by atoms with Crippen LogP contribution < -0.4 is 4.74 Å². The van der Waals surface area contributed by atoms with Crippen molar-refractivity contribution in [3.63, 3.8) is 0 Å². The normalized spacial score (nSPS) is 15.0. The molecular formula is C18H19N3O4. The van der Waals surface area contributed by atoms with Crippen LogP contribution in [0.4, 0.5) is 5.82 Å². The highest BCUT2D eigenvalue weighted by molar-refractivity contribution is 5.83. The van der Waals surface area contributed by atoms with Gasteiger partial charge in [0.15, 0.2) is 0 Å². The Labute approximate surface area is 145 Å². The molecule has 1 aliphatic heterocycles. The highest BCUT2D eigenvalue weighted by atomic mass is 16.6. The number of carbonyl (C=O) groups excluding carboxylic acids is 1. The van der Waals surface area contributed by atoms with Crippen molar-refractivity contribution in [1.29, 1.82) is 0 Å². The lowest BCUT2D eigenvalue weighted by Gasteiger charge is -2.24. The second-order valence-corrected chi connectivity index (χ2v) is 5.97. The average molecular weight is 341 g/mol. The van der Waals surface area contributed by atoms with E-state index < -0.39 is 11.0 Å². The predicted molar refractivity (Wildman–Crippen MR) is 91.3 cm³/mol. The van der Waals surface area contributed by atoms with Crippen molar-refractivity contribution >= 4 is 11.7 Å². The van der Waals surface area contributed by atoms with Crippen molar-refractivity contribution in [2.24, 2.45) is 0 Å². The van der Waals surface area contributed by atoms with Gasteiger partial charge in [-0.05, 0) is 34.9 Å². The van der Waals surface area contributed by atoms with E-state index in [0.29, 0.717) is 24.3 Å². The van der Waals surface area contributed by atoms with Gasteiger partial charge in [0.1, 0.15) is 5.69 Å². The molecular weight excluding hydrogens is 322 g/mol. The molecule has 1 fully saturated rings. The molecule has 1 amide bonds. The largest absolute Gasteiger partial charge is 0.467 e. The molecule has 0 radical (unpaired) electrons. The standard InChI is InChI=1S/C18H19N3O4/c1-13-9-10-15(17(19-13)21(23)24)25-16(14-7-3-2-4-8-14)18(22)20-11-5-6-12-20/h2-4,7-10,16H,5-6,11-12H2,1H3/t16-/m1/s1. The number of likely N-dealkylation sites (tertiary alicyclic amines) is 1. The van der Waals surface area contributed by atoms with Crippen LogP contribution in [0.15, 0.2) is 42.5 Å². The van der Waals surface area contributed by atoms with Gasteiger partial charge >= 0.3 is 5.82 Å². The first kappa shape index (κ1) is 16.9. The molecule has 1 aliphatic rings. The summed E-state index contributed by atoms with van der Waals surface area (Å²) in [7, 11) is 0. The molecule has 0 spiro atoms. The molecule has 1 aromatic heterocycles. The van der Waals surface area contributed by atoms with Gasteiger partial charge in [-0.15, -0.1) is 0 Å². The van der Waals surface area contributed by atoms with E-state index in [4.69, 9.17) is 4.74 Å². The monoisotopic (exact) mass is 341 g/mol. The number of rotatable bonds is 5. The van der Waals surface area contributed by atoms with Crippen molar-refractivity contribution in [1.82, 2.24) is 9.88 Å². The molecule has 25 heavy (non-hydrogen) atoms. The summed E-state index contributed by atoms with van der Waals surface area (Å²) in [5, 5.41) is 11.3. The Morgan fingerprint density at radius 3 is 2.52 bits per heavy atom. The maximum atomic E-state index is 12.9. The van der Waals surface area contributed by atoms with Gasteiger partial charge in [-0.1, -0.05) is 30.3 Å². The van der Waals surface area contributed by atoms with Crippen LogP contribution in [0.5, 0.6) is 5.75 Å². The second kappa shape index (κ2) is 7.29. The number of amides is 1. The summed E-state index contributed by atoms with van der Waals surface area (Å²) in [4.78, 5) is 29.3. The number of aromatic nitrogens is 1. The Morgan fingerprint density at radius 1 is 1.20 bits per heavy atom. The highest BCUT2D eigenvalue weighted by Gasteiger charge is 2.31. The molecule has 1 saturated heterocycles. The minimum atomic E-state index is -0.928. The Balaban J connectivity index is 1.95. The fraction of sp³-hybridized carbons (Fsp3) is 0.333. The van der Waals surface area contributed by atoms with Gasteiger partial charge in [0.05, 0.1) is 0 Å². The molecule has 0 saturated carbocycles. The van der Waals surface area contributed by atoms with Gasteiger partial charge in [-0.2, -0.15) is 0 Å². The summed E-state index contributed by atoms with van der Waals surface area (Å²) >= 11 is 0. The number of aryl methyl sites for hydroxylation is 1. The van der Waals surface area contributed by atoms with E-state index in [-0.39, 0.29) is 17.5 Å². The van der Waals surface area contributed by atoms with E-state index in [9.17, 15) is 14.9 Å². The topological polar surface area (TPSA) is 85.6 Å². The number of benzene rings is 1. The number of hydrogen-bond acceptors (Lipinski definition) is 5. The Bertz CT molecular complexity index is 773. The van der Waals surface area contributed by atoms with Gasteiger partial charge in [0.25, 0.3) is 5.91 Å². The third-order valence-corrected chi connectivity index (χ3v) is 4.14. The van der Waals surface area contributed by atoms with E-state index in [1.54, 1.807) is 30.0 Å². The highest BCUT2D eigenvalue weighted by Crippen LogP contribution is 2.31. The van der Waals surface area contributed by atoms with Crippen LogP contribution in [0, 0.1) is 17.0 Å². The molecule has 0 N–H and O–H groups in total. The quantitative estimate of drug-likeness (QED) is 0.616. The van der Waals surface area contributed by atoms with Crippen LogP contribution in [0.3, 0.4) is 0 Å². The summed E-state index contributed by atoms with van der Waals surface area (Å²) in [6, 6.07) is 12.2. The third-order valence-electron chi connectivity index (χ3n) is 4.14. The Morgan fingerprint density at radius 2 is 1.88 bits per heavy atom. The predicted octanol–water partition coefficient (Wildman–Crippen LogP) is 3.04. The van der Waals surface area contributed by atoms with Crippen molar-refractivity contribution in [2.45, 2.75) is 25.9 Å². The number of ether oxygens (including phenoxy) is 1. The molecule has 7 heteroatoms. The average Bonchev–Trinajstić information content (AvgIpc) is 3.15. The van der Waals surface area contributed by atoms with Gasteiger partial charge < -0.3 is 19.8 Å². The minimum absolute atomic E-state index is 0.00278. The zero-order valence-corrected chi connectivity index (χ0v) is 13.9. The summed E-state index contributed by atoms with van der Waals surface area (Å²) in [6.07, 6.45) is 0.987. The van der Waals surface area contributed by atoms with Crippen LogP contribution in [0.2, 0.25) is 0 Å². The fourth-order valence-electron chi connectivity index (χ4n) is 2.87. The molecule has 1 atom stereocenters. The zero-order valence-electron chi connectivity index (χ0n) is 13.9. The molecule has 1 aromatic carbocycles. The van der Waals surface area contributed by atoms with Crippen molar-refractivity contribution in [2.75, 3.05) is 13.1 Å². The number of pyridine rings is 1. The third kappa shape index (κ3) is 3.76. The van der Waals surface area contributed by atoms with Crippen LogP contribution in [0.25, 0.3) is 0 Å². The smallest absolute Gasteiger partial charge is 0.406 e. The lowest BCUT2D eigenvalue weighted by molar-refractivity contribution is -0.390. The summed E-state index contributed by atoms with van der Waals surface area (Å²) in [5.41, 5.74) is 1.18. The Kier molecular flexibility index (Phi) is 4.92. The molecule has 2 aromatic rings. The zero-order chi connectivity index (χ0) is 17.8.